The first-order valence-electron chi connectivity index (χ1n) is 26.7. The normalized spacial score (nSPS) is 10.2. The molecule has 4 aromatic carbocycles. The number of carboxylic acids is 2. The first-order chi connectivity index (χ1) is 45.6. The summed E-state index contributed by atoms with van der Waals surface area (Å²) in [4.78, 5) is 50.1. The third kappa shape index (κ3) is 28.4. The minimum absolute atomic E-state index is 0. The molecule has 4 radical (unpaired) electrons. The van der Waals surface area contributed by atoms with Gasteiger partial charge in [0.15, 0.2) is 0 Å². The van der Waals surface area contributed by atoms with E-state index < -0.39 is 82.3 Å². The molecule has 0 unspecified atom stereocenters. The summed E-state index contributed by atoms with van der Waals surface area (Å²) in [5.74, 6) is -7.20. The number of pyridine rings is 7. The van der Waals surface area contributed by atoms with Gasteiger partial charge in [0.25, 0.3) is 0 Å². The number of alkyl halides is 9. The molecule has 33 heteroatoms. The van der Waals surface area contributed by atoms with E-state index in [1.165, 1.54) is 61.2 Å². The largest absolute Gasteiger partial charge is 0.477 e. The van der Waals surface area contributed by atoms with Crippen molar-refractivity contribution in [3.63, 3.8) is 0 Å². The van der Waals surface area contributed by atoms with E-state index in [1.807, 2.05) is 19.1 Å². The van der Waals surface area contributed by atoms with Crippen LogP contribution in [0.1, 0.15) is 43.5 Å². The van der Waals surface area contributed by atoms with Crippen LogP contribution in [0.3, 0.4) is 0 Å². The molecule has 8 heterocycles. The van der Waals surface area contributed by atoms with E-state index in [-0.39, 0.29) is 137 Å². The Morgan fingerprint density at radius 1 is 0.410 bits per heavy atom. The Labute approximate surface area is 612 Å². The average Bonchev–Trinajstić information content (AvgIpc) is 1.08. The molecular weight excluding hydrogens is 2060 g/mol. The summed E-state index contributed by atoms with van der Waals surface area (Å²) < 4.78 is 190. The number of aromatic nitrogens is 10. The van der Waals surface area contributed by atoms with Gasteiger partial charge in [0.05, 0.1) is 5.69 Å². The Bertz CT molecular complexity index is 4270. The molecule has 0 spiro atoms. The molecule has 0 fully saturated rings. The maximum atomic E-state index is 13.4. The van der Waals surface area contributed by atoms with Gasteiger partial charge in [-0.1, -0.05) is 101 Å². The number of aromatic carboxylic acids is 2. The molecule has 100 heavy (non-hydrogen) atoms. The summed E-state index contributed by atoms with van der Waals surface area (Å²) in [5.41, 5.74) is 0.100. The van der Waals surface area contributed by atoms with Crippen LogP contribution < -0.4 is 5.10 Å². The summed E-state index contributed by atoms with van der Waals surface area (Å²) in [5, 5.41) is 22.9. The maximum Gasteiger partial charge on any atom is 0.429 e. The standard InChI is InChI=1S/C13H6F6N.C12H8F2N.2C11H6F2N.C8H4F3N4.2C6H5NO2.4Ir/c14-12(15,16)9-5-8(11-3-1-2-4-20-11)6-10(7-9)13(17,18)19;1-8-4-5-15-12(6-8)10-3-2-9(13)7-11(10)14;2*12-8-4-5-9(10(13)7-8)11-3-1-2-6-14-11;9-8(10,11)7-13-6(14-15-7)5-3-1-2-4-12-5;2*8-6(9)5-3-1-2-4-7-5;;;;/h1-5,7H;2,4-7H,1H3;2*1-4,6-7H;1-4H;2*1-4H,(H,8,9);;;;/q5*-1;;;;;;. The number of hydrogen-bond donors (Lipinski definition) is 2. The van der Waals surface area contributed by atoms with Crippen molar-refractivity contribution < 1.29 is 166 Å². The van der Waals surface area contributed by atoms with Gasteiger partial charge in [-0.15, -0.1) is 60.2 Å². The molecule has 8 aromatic heterocycles. The molecule has 0 atom stereocenters. The Kier molecular flexibility index (Phi) is 36.3. The van der Waals surface area contributed by atoms with Crippen molar-refractivity contribution in [2.75, 3.05) is 0 Å². The van der Waals surface area contributed by atoms with Crippen LogP contribution in [0.2, 0.25) is 0 Å². The molecule has 0 aliphatic carbocycles. The molecule has 12 aromatic rings. The van der Waals surface area contributed by atoms with E-state index in [4.69, 9.17) is 10.2 Å². The van der Waals surface area contributed by atoms with E-state index in [0.29, 0.717) is 23.1 Å². The van der Waals surface area contributed by atoms with E-state index >= 15 is 0 Å². The van der Waals surface area contributed by atoms with Gasteiger partial charge in [0, 0.05) is 159 Å². The second kappa shape index (κ2) is 41.8. The van der Waals surface area contributed by atoms with Crippen LogP contribution in [0.25, 0.3) is 56.5 Å². The van der Waals surface area contributed by atoms with Gasteiger partial charge in [-0.2, -0.15) is 39.5 Å². The minimum Gasteiger partial charge on any atom is -0.477 e. The van der Waals surface area contributed by atoms with Crippen LogP contribution in [-0.4, -0.2) is 67.1 Å². The van der Waals surface area contributed by atoms with Gasteiger partial charge in [0.2, 0.25) is 0 Å². The Hall–Kier alpha value is -9.44. The monoisotopic (exact) mass is 2110 g/mol. The summed E-state index contributed by atoms with van der Waals surface area (Å²) in [6.07, 6.45) is -4.06. The molecule has 14 nitrogen and oxygen atoms in total. The quantitative estimate of drug-likeness (QED) is 0.113. The number of aryl methyl sites for hydroxylation is 1. The second-order valence-electron chi connectivity index (χ2n) is 18.4. The van der Waals surface area contributed by atoms with Crippen LogP contribution in [0, 0.1) is 66.1 Å². The summed E-state index contributed by atoms with van der Waals surface area (Å²) in [7, 11) is 0. The van der Waals surface area contributed by atoms with Gasteiger partial charge < -0.3 is 40.2 Å². The number of halogens is 15. The predicted octanol–water partition coefficient (Wildman–Crippen LogP) is 16.4. The zero-order valence-electron chi connectivity index (χ0n) is 49.9. The summed E-state index contributed by atoms with van der Waals surface area (Å²) >= 11 is 0. The fourth-order valence-corrected chi connectivity index (χ4v) is 7.11. The number of hydrogen-bond acceptors (Lipinski definition) is 11. The molecule has 0 saturated carbocycles. The van der Waals surface area contributed by atoms with Gasteiger partial charge in [-0.25, -0.2) is 19.6 Å². The molecule has 12 rings (SSSR count). The van der Waals surface area contributed by atoms with Crippen molar-refractivity contribution in [1.29, 1.82) is 0 Å². The molecule has 0 bridgehead atoms. The summed E-state index contributed by atoms with van der Waals surface area (Å²) in [6.45, 7) is 1.88. The second-order valence-corrected chi connectivity index (χ2v) is 18.4. The van der Waals surface area contributed by atoms with Crippen molar-refractivity contribution in [2.45, 2.75) is 25.5 Å². The number of carbonyl (C=O) groups is 2. The zero-order chi connectivity index (χ0) is 70.0. The smallest absolute Gasteiger partial charge is 0.429 e. The number of nitrogens with zero attached hydrogens (tertiary/aromatic N) is 10. The van der Waals surface area contributed by atoms with Crippen LogP contribution in [-0.2, 0) is 99.0 Å². The van der Waals surface area contributed by atoms with Gasteiger partial charge in [-0.05, 0) is 107 Å². The number of benzene rings is 4. The van der Waals surface area contributed by atoms with E-state index in [1.54, 1.807) is 97.5 Å². The molecule has 0 amide bonds. The minimum atomic E-state index is -4.91. The third-order valence-electron chi connectivity index (χ3n) is 11.4. The Morgan fingerprint density at radius 2 is 0.780 bits per heavy atom. The summed E-state index contributed by atoms with van der Waals surface area (Å²) in [6, 6.07) is 48.2. The predicted molar refractivity (Wildman–Crippen MR) is 315 cm³/mol. The van der Waals surface area contributed by atoms with Crippen molar-refractivity contribution in [1.82, 2.24) is 50.1 Å². The fourth-order valence-electron chi connectivity index (χ4n) is 7.11. The van der Waals surface area contributed by atoms with E-state index in [0.717, 1.165) is 42.0 Å². The van der Waals surface area contributed by atoms with Crippen LogP contribution in [0.4, 0.5) is 65.9 Å². The molecule has 0 saturated heterocycles. The zero-order valence-corrected chi connectivity index (χ0v) is 59.5. The van der Waals surface area contributed by atoms with Crippen LogP contribution in [0.15, 0.2) is 213 Å². The molecule has 528 valence electrons. The SMILES string of the molecule is Cc1ccnc(-c2[c-]cc(F)cc2F)c1.FC(F)(F)c1[c-]c(-c2ccccn2)cc(C(F)(F)F)c1.FC(F)(F)c1n[n-]c(-c2ccccn2)n1.Fc1c[c-]c(-c2ccccn2)c(F)c1.Fc1c[c-]c(-c2ccccn2)c(F)c1.O=C(O)c1ccccn1.O=C(O)c1ccccn1.[Ir].[Ir].[Ir].[Ir]. The topological polar surface area (TPSA) is 205 Å². The van der Waals surface area contributed by atoms with Crippen LogP contribution in [0.5, 0.6) is 0 Å². The first kappa shape index (κ1) is 86.6. The van der Waals surface area contributed by atoms with Gasteiger partial charge in [0.1, 0.15) is 17.2 Å². The van der Waals surface area contributed by atoms with E-state index in [9.17, 15) is 75.4 Å². The van der Waals surface area contributed by atoms with Gasteiger partial charge >= 0.3 is 30.5 Å². The third-order valence-corrected chi connectivity index (χ3v) is 11.4. The van der Waals surface area contributed by atoms with Crippen molar-refractivity contribution >= 4 is 11.9 Å². The molecule has 0 aliphatic rings. The molecular formula is C67H40F15Ir4N10O4-5. The fraction of sp³-hybridized carbons (Fsp3) is 0.0597. The Morgan fingerprint density at radius 3 is 1.09 bits per heavy atom. The van der Waals surface area contributed by atoms with Gasteiger partial charge in [-0.3, -0.25) is 36.4 Å². The first-order valence-corrected chi connectivity index (χ1v) is 26.7. The molecule has 0 aliphatic heterocycles. The molecule has 2 N–H and O–H groups in total. The van der Waals surface area contributed by atoms with Crippen molar-refractivity contribution in [3.8, 4) is 56.5 Å². The Balaban J connectivity index is 0.000000399. The average molecular weight is 2100 g/mol. The van der Waals surface area contributed by atoms with Crippen molar-refractivity contribution in [2.24, 2.45) is 0 Å². The van der Waals surface area contributed by atoms with Crippen LogP contribution >= 0.6 is 0 Å². The number of rotatable bonds is 7. The number of carboxylic acid groups (broad SMARTS) is 2. The van der Waals surface area contributed by atoms with E-state index in [2.05, 4.69) is 68.3 Å². The van der Waals surface area contributed by atoms with Crippen molar-refractivity contribution in [3.05, 3.63) is 306 Å². The maximum absolute atomic E-state index is 13.4.